The molecule has 0 aliphatic carbocycles. The van der Waals surface area contributed by atoms with Crippen LogP contribution in [0.3, 0.4) is 0 Å². The van der Waals surface area contributed by atoms with E-state index < -0.39 is 6.72 Å². The molecular weight excluding hydrogens is 434 g/mol. The van der Waals surface area contributed by atoms with Gasteiger partial charge >= 0.3 is 58.1 Å². The standard InChI is InChI=1S/C21H41O5PS.K/c1-2-3-4-5-6-7-8-9-10-11-12-13-14-15-16-17-21-24-18-20(26-21)19-25-27(22,23)28;/h8-9,20-21H,2-7,10-19H2,1H3,(H2,22,23,28);/q;+1/b9-8+;. The molecule has 8 heteroatoms. The molecule has 1 saturated heterocycles. The molecule has 0 aromatic rings. The van der Waals surface area contributed by atoms with E-state index in [1.54, 1.807) is 0 Å². The number of ether oxygens (including phenoxy) is 2. The van der Waals surface area contributed by atoms with E-state index in [1.165, 1.54) is 77.0 Å². The molecule has 0 aromatic carbocycles. The van der Waals surface area contributed by atoms with E-state index >= 15 is 0 Å². The van der Waals surface area contributed by atoms with Crippen molar-refractivity contribution in [3.8, 4) is 0 Å². The second-order valence-electron chi connectivity index (χ2n) is 7.68. The van der Waals surface area contributed by atoms with Gasteiger partial charge in [0.25, 0.3) is 0 Å². The molecule has 2 atom stereocenters. The number of rotatable bonds is 18. The molecular formula is C21H41KO5PS+. The van der Waals surface area contributed by atoms with Gasteiger partial charge in [-0.1, -0.05) is 70.4 Å². The van der Waals surface area contributed by atoms with Crippen LogP contribution in [0.1, 0.15) is 96.8 Å². The quantitative estimate of drug-likeness (QED) is 0.138. The van der Waals surface area contributed by atoms with Crippen LogP contribution in [0.15, 0.2) is 12.2 Å². The zero-order valence-corrected chi connectivity index (χ0v) is 23.4. The van der Waals surface area contributed by atoms with Crippen molar-refractivity contribution in [2.75, 3.05) is 13.2 Å². The summed E-state index contributed by atoms with van der Waals surface area (Å²) in [4.78, 5) is 18.1. The van der Waals surface area contributed by atoms with Gasteiger partial charge in [-0.15, -0.1) is 0 Å². The smallest absolute Gasteiger partial charge is 0.350 e. The third-order valence-electron chi connectivity index (χ3n) is 4.94. The number of hydrogen-bond acceptors (Lipinski definition) is 4. The molecule has 29 heavy (non-hydrogen) atoms. The summed E-state index contributed by atoms with van der Waals surface area (Å²) in [6, 6.07) is 0. The maximum Gasteiger partial charge on any atom is 1.00 e. The van der Waals surface area contributed by atoms with E-state index in [0.29, 0.717) is 6.61 Å². The minimum absolute atomic E-state index is 0. The van der Waals surface area contributed by atoms with Crippen molar-refractivity contribution in [1.82, 2.24) is 0 Å². The Hall–Kier alpha value is 1.83. The normalized spacial score (nSPS) is 19.7. The van der Waals surface area contributed by atoms with Gasteiger partial charge in [0.2, 0.25) is 0 Å². The number of hydrogen-bond donors (Lipinski definition) is 2. The molecule has 1 aliphatic heterocycles. The SMILES string of the molecule is CCCCCCC/C=C/CCCCCCCCC1OCC(COP(O)(O)=S)O1.[K+]. The summed E-state index contributed by atoms with van der Waals surface area (Å²) in [5.41, 5.74) is 0. The van der Waals surface area contributed by atoms with Gasteiger partial charge < -0.3 is 23.8 Å². The first-order valence-electron chi connectivity index (χ1n) is 11.1. The fraction of sp³-hybridized carbons (Fsp3) is 0.905. The first-order chi connectivity index (χ1) is 13.5. The molecule has 0 spiro atoms. The number of unbranched alkanes of at least 4 members (excludes halogenated alkanes) is 11. The maximum absolute atomic E-state index is 9.06. The van der Waals surface area contributed by atoms with E-state index in [2.05, 4.69) is 30.9 Å². The Labute approximate surface area is 226 Å². The van der Waals surface area contributed by atoms with Crippen LogP contribution in [0.25, 0.3) is 0 Å². The molecule has 1 rings (SSSR count). The Morgan fingerprint density at radius 3 is 2.07 bits per heavy atom. The zero-order valence-electron chi connectivity index (χ0n) is 18.6. The third kappa shape index (κ3) is 20.2. The average molecular weight is 476 g/mol. The monoisotopic (exact) mass is 475 g/mol. The van der Waals surface area contributed by atoms with Crippen LogP contribution in [0.5, 0.6) is 0 Å². The van der Waals surface area contributed by atoms with Crippen molar-refractivity contribution in [3.63, 3.8) is 0 Å². The molecule has 0 saturated carbocycles. The van der Waals surface area contributed by atoms with E-state index in [4.69, 9.17) is 23.8 Å². The summed E-state index contributed by atoms with van der Waals surface area (Å²) < 4.78 is 16.0. The molecule has 1 fully saturated rings. The largest absolute Gasteiger partial charge is 1.00 e. The second kappa shape index (κ2) is 20.4. The van der Waals surface area contributed by atoms with Gasteiger partial charge in [0.15, 0.2) is 6.29 Å². The van der Waals surface area contributed by atoms with Crippen LogP contribution in [0.2, 0.25) is 0 Å². The second-order valence-corrected chi connectivity index (χ2v) is 10.3. The van der Waals surface area contributed by atoms with Gasteiger partial charge in [-0.05, 0) is 50.3 Å². The van der Waals surface area contributed by atoms with Crippen molar-refractivity contribution in [2.45, 2.75) is 109 Å². The average Bonchev–Trinajstić information content (AvgIpc) is 3.10. The van der Waals surface area contributed by atoms with Gasteiger partial charge in [0, 0.05) is 0 Å². The van der Waals surface area contributed by atoms with Crippen molar-refractivity contribution >= 4 is 18.5 Å². The minimum Gasteiger partial charge on any atom is -0.350 e. The molecule has 1 heterocycles. The summed E-state index contributed by atoms with van der Waals surface area (Å²) in [6.45, 7) is -0.838. The molecule has 0 amide bonds. The fourth-order valence-electron chi connectivity index (χ4n) is 3.31. The van der Waals surface area contributed by atoms with Crippen LogP contribution in [-0.4, -0.2) is 35.4 Å². The molecule has 2 unspecified atom stereocenters. The third-order valence-corrected chi connectivity index (χ3v) is 5.74. The van der Waals surface area contributed by atoms with E-state index in [-0.39, 0.29) is 70.4 Å². The zero-order chi connectivity index (χ0) is 20.5. The summed E-state index contributed by atoms with van der Waals surface area (Å²) in [5, 5.41) is 0. The van der Waals surface area contributed by atoms with Crippen molar-refractivity contribution in [3.05, 3.63) is 12.2 Å². The molecule has 1 aliphatic rings. The van der Waals surface area contributed by atoms with Gasteiger partial charge in [-0.3, -0.25) is 0 Å². The molecule has 0 aromatic heterocycles. The van der Waals surface area contributed by atoms with E-state index in [9.17, 15) is 0 Å². The van der Waals surface area contributed by atoms with E-state index in [1.807, 2.05) is 0 Å². The van der Waals surface area contributed by atoms with E-state index in [0.717, 1.165) is 12.8 Å². The van der Waals surface area contributed by atoms with Crippen molar-refractivity contribution in [1.29, 1.82) is 0 Å². The van der Waals surface area contributed by atoms with Crippen LogP contribution in [0, 0.1) is 0 Å². The molecule has 0 bridgehead atoms. The molecule has 0 radical (unpaired) electrons. The Morgan fingerprint density at radius 1 is 0.931 bits per heavy atom. The summed E-state index contributed by atoms with van der Waals surface area (Å²) in [6.07, 6.45) is 21.9. The first kappa shape index (κ1) is 30.8. The molecule has 2 N–H and O–H groups in total. The molecule has 5 nitrogen and oxygen atoms in total. The predicted octanol–water partition coefficient (Wildman–Crippen LogP) is 3.00. The number of allylic oxidation sites excluding steroid dienone is 2. The summed E-state index contributed by atoms with van der Waals surface area (Å²) in [5.74, 6) is 0. The van der Waals surface area contributed by atoms with Crippen molar-refractivity contribution < 1.29 is 75.2 Å². The van der Waals surface area contributed by atoms with Crippen LogP contribution in [-0.2, 0) is 25.8 Å². The topological polar surface area (TPSA) is 68.2 Å². The van der Waals surface area contributed by atoms with Crippen LogP contribution < -0.4 is 51.4 Å². The van der Waals surface area contributed by atoms with Crippen LogP contribution >= 0.6 is 6.72 Å². The first-order valence-corrected chi connectivity index (χ1v) is 13.8. The van der Waals surface area contributed by atoms with Gasteiger partial charge in [0.1, 0.15) is 6.10 Å². The Bertz CT molecular complexity index is 447. The molecule has 166 valence electrons. The fourth-order valence-corrected chi connectivity index (χ4v) is 3.85. The van der Waals surface area contributed by atoms with Gasteiger partial charge in [0.05, 0.1) is 13.2 Å². The van der Waals surface area contributed by atoms with Gasteiger partial charge in [-0.25, -0.2) is 0 Å². The van der Waals surface area contributed by atoms with Crippen molar-refractivity contribution in [2.24, 2.45) is 0 Å². The summed E-state index contributed by atoms with van der Waals surface area (Å²) >= 11 is 4.42. The Kier molecular flexibility index (Phi) is 21.7. The predicted molar refractivity (Wildman–Crippen MR) is 119 cm³/mol. The minimum atomic E-state index is -3.60. The summed E-state index contributed by atoms with van der Waals surface area (Å²) in [7, 11) is 0. The Balaban J connectivity index is 0.00000784. The van der Waals surface area contributed by atoms with Gasteiger partial charge in [-0.2, -0.15) is 0 Å². The van der Waals surface area contributed by atoms with Crippen LogP contribution in [0.4, 0.5) is 0 Å². The Morgan fingerprint density at radius 2 is 1.48 bits per heavy atom. The maximum atomic E-state index is 9.06.